The van der Waals surface area contributed by atoms with Gasteiger partial charge in [0, 0.05) is 36.3 Å². The fourth-order valence-corrected chi connectivity index (χ4v) is 3.75. The van der Waals surface area contributed by atoms with Gasteiger partial charge in [0.15, 0.2) is 0 Å². The number of pyridine rings is 1. The van der Waals surface area contributed by atoms with Crippen molar-refractivity contribution in [1.29, 1.82) is 0 Å². The maximum absolute atomic E-state index is 13.6. The second-order valence-electron chi connectivity index (χ2n) is 7.75. The first-order valence-electron chi connectivity index (χ1n) is 9.66. The van der Waals surface area contributed by atoms with Gasteiger partial charge in [-0.1, -0.05) is 24.2 Å². The van der Waals surface area contributed by atoms with Crippen molar-refractivity contribution in [2.45, 2.75) is 51.9 Å². The largest absolute Gasteiger partial charge is 0.351 e. The summed E-state index contributed by atoms with van der Waals surface area (Å²) in [6.45, 7) is 6.49. The van der Waals surface area contributed by atoms with Crippen LogP contribution in [-0.2, 0) is 0 Å². The van der Waals surface area contributed by atoms with E-state index in [9.17, 15) is 13.6 Å². The van der Waals surface area contributed by atoms with E-state index in [1.165, 1.54) is 6.07 Å². The number of likely N-dealkylation sites (tertiary alicyclic amines) is 1. The lowest BCUT2D eigenvalue weighted by molar-refractivity contribution is 0.0663. The number of nitrogens with zero attached hydrogens (tertiary/aromatic N) is 4. The van der Waals surface area contributed by atoms with Gasteiger partial charge < -0.3 is 13.9 Å². The first kappa shape index (κ1) is 19.5. The first-order valence-corrected chi connectivity index (χ1v) is 9.66. The highest BCUT2D eigenvalue weighted by atomic mass is 19.3. The summed E-state index contributed by atoms with van der Waals surface area (Å²) in [7, 11) is 0. The lowest BCUT2D eigenvalue weighted by Crippen LogP contribution is -2.39. The van der Waals surface area contributed by atoms with Crippen molar-refractivity contribution >= 4 is 17.0 Å². The molecule has 4 heterocycles. The molecule has 0 spiro atoms. The van der Waals surface area contributed by atoms with Gasteiger partial charge in [-0.2, -0.15) is 0 Å². The molecule has 4 rings (SSSR count). The molecule has 1 aliphatic heterocycles. The molecule has 0 bridgehead atoms. The summed E-state index contributed by atoms with van der Waals surface area (Å²) in [6.07, 6.45) is -1.19. The van der Waals surface area contributed by atoms with E-state index in [0.717, 1.165) is 18.5 Å². The number of rotatable bonds is 4. The molecule has 7 nitrogen and oxygen atoms in total. The Morgan fingerprint density at radius 3 is 2.72 bits per heavy atom. The molecule has 3 aromatic rings. The maximum Gasteiger partial charge on any atom is 0.292 e. The number of piperidine rings is 1. The molecule has 3 aromatic heterocycles. The molecular formula is C20H22F2N4O3. The maximum atomic E-state index is 13.6. The number of hydrogen-bond acceptors (Lipinski definition) is 6. The van der Waals surface area contributed by atoms with Crippen LogP contribution < -0.4 is 0 Å². The lowest BCUT2D eigenvalue weighted by Gasteiger charge is -2.32. The van der Waals surface area contributed by atoms with Crippen molar-refractivity contribution in [3.05, 3.63) is 40.5 Å². The Hall–Kier alpha value is -2.84. The minimum Gasteiger partial charge on any atom is -0.351 e. The monoisotopic (exact) mass is 404 g/mol. The van der Waals surface area contributed by atoms with E-state index in [0.29, 0.717) is 24.5 Å². The fourth-order valence-electron chi connectivity index (χ4n) is 3.75. The van der Waals surface area contributed by atoms with Crippen LogP contribution >= 0.6 is 0 Å². The Morgan fingerprint density at radius 2 is 2.03 bits per heavy atom. The zero-order valence-electron chi connectivity index (χ0n) is 16.5. The molecule has 0 radical (unpaired) electrons. The van der Waals surface area contributed by atoms with Crippen LogP contribution in [0.25, 0.3) is 11.1 Å². The highest BCUT2D eigenvalue weighted by Gasteiger charge is 2.30. The molecule has 0 N–H and O–H groups in total. The molecule has 0 saturated carbocycles. The summed E-state index contributed by atoms with van der Waals surface area (Å²) in [5.41, 5.74) is 1.57. The molecular weight excluding hydrogens is 382 g/mol. The number of aromatic nitrogens is 3. The molecule has 1 atom stereocenters. The summed E-state index contributed by atoms with van der Waals surface area (Å²) in [4.78, 5) is 18.9. The van der Waals surface area contributed by atoms with Gasteiger partial charge in [0.25, 0.3) is 18.0 Å². The number of halogens is 2. The zero-order chi connectivity index (χ0) is 20.7. The van der Waals surface area contributed by atoms with Gasteiger partial charge in [-0.15, -0.1) is 0 Å². The average molecular weight is 404 g/mol. The SMILES string of the molecule is Cc1noc2nc([C@@H]3CCCN(C(=O)c4cc(C(C)C)no4)C3)cc(C(F)F)c12. The van der Waals surface area contributed by atoms with Gasteiger partial charge in [-0.25, -0.2) is 13.8 Å². The average Bonchev–Trinajstić information content (AvgIpc) is 3.34. The number of hydrogen-bond donors (Lipinski definition) is 0. The number of fused-ring (bicyclic) bond motifs is 1. The molecule has 9 heteroatoms. The molecule has 154 valence electrons. The molecule has 0 aliphatic carbocycles. The third kappa shape index (κ3) is 3.61. The number of carbonyl (C=O) groups excluding carboxylic acids is 1. The van der Waals surface area contributed by atoms with Crippen LogP contribution in [0.1, 0.15) is 78.2 Å². The normalized spacial score (nSPS) is 17.6. The molecule has 0 aromatic carbocycles. The van der Waals surface area contributed by atoms with Crippen LogP contribution in [0.5, 0.6) is 0 Å². The number of carbonyl (C=O) groups is 1. The van der Waals surface area contributed by atoms with E-state index in [2.05, 4.69) is 15.3 Å². The van der Waals surface area contributed by atoms with E-state index in [4.69, 9.17) is 9.05 Å². The van der Waals surface area contributed by atoms with Crippen molar-refractivity contribution in [2.75, 3.05) is 13.1 Å². The van der Waals surface area contributed by atoms with Crippen LogP contribution in [-0.4, -0.2) is 39.2 Å². The van der Waals surface area contributed by atoms with Gasteiger partial charge in [0.2, 0.25) is 5.76 Å². The lowest BCUT2D eigenvalue weighted by atomic mass is 9.92. The van der Waals surface area contributed by atoms with Crippen molar-refractivity contribution in [1.82, 2.24) is 20.2 Å². The fraction of sp³-hybridized carbons (Fsp3) is 0.500. The zero-order valence-corrected chi connectivity index (χ0v) is 16.5. The Kier molecular flexibility index (Phi) is 5.06. The van der Waals surface area contributed by atoms with Gasteiger partial charge >= 0.3 is 0 Å². The number of alkyl halides is 2. The van der Waals surface area contributed by atoms with Gasteiger partial charge in [-0.3, -0.25) is 4.79 Å². The second kappa shape index (κ2) is 7.53. The van der Waals surface area contributed by atoms with Crippen molar-refractivity contribution in [3.63, 3.8) is 0 Å². The van der Waals surface area contributed by atoms with Crippen LogP contribution in [0, 0.1) is 6.92 Å². The van der Waals surface area contributed by atoms with Crippen molar-refractivity contribution in [2.24, 2.45) is 0 Å². The molecule has 1 amide bonds. The summed E-state index contributed by atoms with van der Waals surface area (Å²) < 4.78 is 37.6. The van der Waals surface area contributed by atoms with E-state index >= 15 is 0 Å². The van der Waals surface area contributed by atoms with Crippen LogP contribution in [0.2, 0.25) is 0 Å². The van der Waals surface area contributed by atoms with Crippen LogP contribution in [0.4, 0.5) is 8.78 Å². The van der Waals surface area contributed by atoms with Gasteiger partial charge in [-0.05, 0) is 31.7 Å². The molecule has 0 unspecified atom stereocenters. The Balaban J connectivity index is 1.60. The van der Waals surface area contributed by atoms with Crippen LogP contribution in [0.3, 0.4) is 0 Å². The third-order valence-corrected chi connectivity index (χ3v) is 5.36. The topological polar surface area (TPSA) is 85.3 Å². The van der Waals surface area contributed by atoms with E-state index in [1.807, 2.05) is 13.8 Å². The predicted octanol–water partition coefficient (Wildman–Crippen LogP) is 4.60. The minimum absolute atomic E-state index is 0.107. The van der Waals surface area contributed by atoms with Gasteiger partial charge in [0.1, 0.15) is 0 Å². The van der Waals surface area contributed by atoms with Crippen molar-refractivity contribution < 1.29 is 22.6 Å². The molecule has 1 aliphatic rings. The van der Waals surface area contributed by atoms with E-state index < -0.39 is 6.43 Å². The van der Waals surface area contributed by atoms with Crippen molar-refractivity contribution in [3.8, 4) is 0 Å². The Bertz CT molecular complexity index is 1040. The molecule has 29 heavy (non-hydrogen) atoms. The predicted molar refractivity (Wildman–Crippen MR) is 100.0 cm³/mol. The van der Waals surface area contributed by atoms with E-state index in [1.54, 1.807) is 17.9 Å². The minimum atomic E-state index is -2.66. The number of amides is 1. The highest BCUT2D eigenvalue weighted by Crippen LogP contribution is 2.34. The molecule has 1 saturated heterocycles. The summed E-state index contributed by atoms with van der Waals surface area (Å²) >= 11 is 0. The quantitative estimate of drug-likeness (QED) is 0.632. The summed E-state index contributed by atoms with van der Waals surface area (Å²) in [6, 6.07) is 3.08. The summed E-state index contributed by atoms with van der Waals surface area (Å²) in [5.74, 6) is -0.0763. The third-order valence-electron chi connectivity index (χ3n) is 5.36. The van der Waals surface area contributed by atoms with Gasteiger partial charge in [0.05, 0.1) is 16.8 Å². The second-order valence-corrected chi connectivity index (χ2v) is 7.75. The highest BCUT2D eigenvalue weighted by molar-refractivity contribution is 5.91. The van der Waals surface area contributed by atoms with E-state index in [-0.39, 0.29) is 40.2 Å². The number of aryl methyl sites for hydroxylation is 1. The smallest absolute Gasteiger partial charge is 0.292 e. The van der Waals surface area contributed by atoms with Crippen LogP contribution in [0.15, 0.2) is 21.2 Å². The Morgan fingerprint density at radius 1 is 1.24 bits per heavy atom. The first-order chi connectivity index (χ1) is 13.8. The standard InChI is InChI=1S/C20H22F2N4O3/c1-10(2)14-8-16(28-25-14)20(27)26-6-4-5-12(9-26)15-7-13(18(21)22)17-11(3)24-29-19(17)23-15/h7-8,10,12,18H,4-6,9H2,1-3H3/t12-/m1/s1. The Labute approximate surface area is 166 Å². The summed E-state index contributed by atoms with van der Waals surface area (Å²) in [5, 5.41) is 7.97. The molecule has 1 fully saturated rings.